The summed E-state index contributed by atoms with van der Waals surface area (Å²) < 4.78 is 10.9. The molecule has 4 aromatic rings. The molecule has 0 heterocycles. The number of carbonyl (C=O) groups excluding carboxylic acids is 1. The van der Waals surface area contributed by atoms with Crippen molar-refractivity contribution < 1.29 is 24.2 Å². The minimum absolute atomic E-state index is 0.0467. The van der Waals surface area contributed by atoms with Gasteiger partial charge in [0.2, 0.25) is 0 Å². The van der Waals surface area contributed by atoms with Crippen LogP contribution in [0.25, 0.3) is 10.8 Å². The van der Waals surface area contributed by atoms with Gasteiger partial charge < -0.3 is 19.9 Å². The number of aromatic carboxylic acids is 1. The largest absolute Gasteiger partial charge is 0.478 e. The third-order valence-electron chi connectivity index (χ3n) is 5.60. The Morgan fingerprint density at radius 1 is 0.853 bits per heavy atom. The van der Waals surface area contributed by atoms with Gasteiger partial charge in [0.25, 0.3) is 5.91 Å². The van der Waals surface area contributed by atoms with Crippen LogP contribution in [0.5, 0.6) is 0 Å². The summed E-state index contributed by atoms with van der Waals surface area (Å²) in [4.78, 5) is 25.1. The zero-order valence-electron chi connectivity index (χ0n) is 18.7. The molecule has 0 bridgehead atoms. The number of anilines is 1. The molecule has 0 aliphatic rings. The van der Waals surface area contributed by atoms with Gasteiger partial charge in [-0.25, -0.2) is 4.79 Å². The molecule has 0 saturated heterocycles. The number of hydrogen-bond donors (Lipinski definition) is 2. The standard InChI is InChI=1S/C28H25NO5/c1-33-18-34-26(24-15-8-12-19-9-2-5-13-22(19)24)27(30)29-25-16-7-4-11-21(25)17-20-10-3-6-14-23(20)28(31)32/h2-16,26H,17-18H2,1H3,(H,29,30)(H,31,32). The second-order valence-corrected chi connectivity index (χ2v) is 7.81. The van der Waals surface area contributed by atoms with E-state index in [4.69, 9.17) is 9.47 Å². The number of methoxy groups -OCH3 is 1. The highest BCUT2D eigenvalue weighted by molar-refractivity contribution is 5.99. The number of carbonyl (C=O) groups is 2. The molecule has 4 rings (SSSR count). The first-order valence-corrected chi connectivity index (χ1v) is 10.9. The molecule has 0 aliphatic carbocycles. The molecule has 6 heteroatoms. The number of rotatable bonds is 9. The van der Waals surface area contributed by atoms with Crippen molar-refractivity contribution in [3.8, 4) is 0 Å². The maximum Gasteiger partial charge on any atom is 0.335 e. The number of hydrogen-bond acceptors (Lipinski definition) is 4. The van der Waals surface area contributed by atoms with E-state index in [0.717, 1.165) is 21.9 Å². The number of carboxylic acid groups (broad SMARTS) is 1. The van der Waals surface area contributed by atoms with E-state index >= 15 is 0 Å². The number of carboxylic acids is 1. The number of fused-ring (bicyclic) bond motifs is 1. The molecule has 172 valence electrons. The Balaban J connectivity index is 1.65. The Kier molecular flexibility index (Phi) is 7.32. The lowest BCUT2D eigenvalue weighted by molar-refractivity contribution is -0.137. The minimum Gasteiger partial charge on any atom is -0.478 e. The summed E-state index contributed by atoms with van der Waals surface area (Å²) in [7, 11) is 1.51. The highest BCUT2D eigenvalue weighted by Gasteiger charge is 2.24. The van der Waals surface area contributed by atoms with Crippen LogP contribution in [-0.2, 0) is 20.7 Å². The SMILES string of the molecule is COCOC(C(=O)Nc1ccccc1Cc1ccccc1C(=O)O)c1cccc2ccccc12. The van der Waals surface area contributed by atoms with Crippen LogP contribution in [0.15, 0.2) is 91.0 Å². The average Bonchev–Trinajstić information content (AvgIpc) is 2.86. The summed E-state index contributed by atoms with van der Waals surface area (Å²) in [5.41, 5.74) is 3.03. The van der Waals surface area contributed by atoms with E-state index in [9.17, 15) is 14.7 Å². The van der Waals surface area contributed by atoms with Crippen LogP contribution in [0.4, 0.5) is 5.69 Å². The van der Waals surface area contributed by atoms with Crippen molar-refractivity contribution in [2.75, 3.05) is 19.2 Å². The Labute approximate surface area is 197 Å². The fourth-order valence-electron chi connectivity index (χ4n) is 4.00. The van der Waals surface area contributed by atoms with Gasteiger partial charge in [-0.1, -0.05) is 78.9 Å². The molecular weight excluding hydrogens is 430 g/mol. The van der Waals surface area contributed by atoms with Crippen molar-refractivity contribution in [2.45, 2.75) is 12.5 Å². The lowest BCUT2D eigenvalue weighted by Gasteiger charge is -2.20. The highest BCUT2D eigenvalue weighted by Crippen LogP contribution is 2.29. The summed E-state index contributed by atoms with van der Waals surface area (Å²) in [6.45, 7) is -0.0467. The third-order valence-corrected chi connectivity index (χ3v) is 5.60. The Bertz CT molecular complexity index is 1310. The van der Waals surface area contributed by atoms with Crippen LogP contribution in [0.1, 0.15) is 33.2 Å². The quantitative estimate of drug-likeness (QED) is 0.329. The van der Waals surface area contributed by atoms with E-state index in [1.54, 1.807) is 30.3 Å². The van der Waals surface area contributed by atoms with Gasteiger partial charge in [0.05, 0.1) is 5.56 Å². The van der Waals surface area contributed by atoms with Crippen LogP contribution in [-0.4, -0.2) is 30.9 Å². The first-order valence-electron chi connectivity index (χ1n) is 10.9. The lowest BCUT2D eigenvalue weighted by atomic mass is 9.98. The molecular formula is C28H25NO5. The van der Waals surface area contributed by atoms with E-state index in [2.05, 4.69) is 5.32 Å². The van der Waals surface area contributed by atoms with Gasteiger partial charge in [0.1, 0.15) is 6.79 Å². The smallest absolute Gasteiger partial charge is 0.335 e. The molecule has 6 nitrogen and oxygen atoms in total. The molecule has 34 heavy (non-hydrogen) atoms. The van der Waals surface area contributed by atoms with E-state index in [1.807, 2.05) is 60.7 Å². The maximum atomic E-state index is 13.5. The van der Waals surface area contributed by atoms with Gasteiger partial charge >= 0.3 is 5.97 Å². The van der Waals surface area contributed by atoms with Crippen molar-refractivity contribution in [3.05, 3.63) is 113 Å². The number of amides is 1. The lowest BCUT2D eigenvalue weighted by Crippen LogP contribution is -2.25. The number of ether oxygens (including phenoxy) is 2. The monoisotopic (exact) mass is 455 g/mol. The van der Waals surface area contributed by atoms with Gasteiger partial charge in [-0.2, -0.15) is 0 Å². The fourth-order valence-corrected chi connectivity index (χ4v) is 4.00. The van der Waals surface area contributed by atoms with E-state index in [1.165, 1.54) is 7.11 Å². The van der Waals surface area contributed by atoms with Gasteiger partial charge in [-0.3, -0.25) is 4.79 Å². The number of para-hydroxylation sites is 1. The molecule has 1 atom stereocenters. The van der Waals surface area contributed by atoms with Crippen LogP contribution in [0.2, 0.25) is 0 Å². The summed E-state index contributed by atoms with van der Waals surface area (Å²) in [5.74, 6) is -1.33. The first kappa shape index (κ1) is 23.2. The predicted octanol–water partition coefficient (Wildman–Crippen LogP) is 5.43. The number of nitrogens with one attached hydrogen (secondary N) is 1. The normalized spacial score (nSPS) is 11.8. The second kappa shape index (κ2) is 10.7. The molecule has 1 unspecified atom stereocenters. The van der Waals surface area contributed by atoms with E-state index < -0.39 is 12.1 Å². The van der Waals surface area contributed by atoms with Crippen LogP contribution < -0.4 is 5.32 Å². The zero-order valence-corrected chi connectivity index (χ0v) is 18.7. The molecule has 0 spiro atoms. The topological polar surface area (TPSA) is 84.9 Å². The van der Waals surface area contributed by atoms with Gasteiger partial charge in [0, 0.05) is 19.2 Å². The van der Waals surface area contributed by atoms with Crippen molar-refractivity contribution >= 4 is 28.3 Å². The summed E-state index contributed by atoms with van der Waals surface area (Å²) >= 11 is 0. The van der Waals surface area contributed by atoms with Crippen molar-refractivity contribution in [3.63, 3.8) is 0 Å². The Hall–Kier alpha value is -4.00. The van der Waals surface area contributed by atoms with Crippen molar-refractivity contribution in [1.82, 2.24) is 0 Å². The van der Waals surface area contributed by atoms with Gasteiger partial charge in [0.15, 0.2) is 6.10 Å². The van der Waals surface area contributed by atoms with Gasteiger partial charge in [-0.05, 0) is 39.6 Å². The minimum atomic E-state index is -0.985. The molecule has 0 aliphatic heterocycles. The molecule has 4 aromatic carbocycles. The van der Waals surface area contributed by atoms with Gasteiger partial charge in [-0.15, -0.1) is 0 Å². The van der Waals surface area contributed by atoms with Crippen molar-refractivity contribution in [1.29, 1.82) is 0 Å². The summed E-state index contributed by atoms with van der Waals surface area (Å²) in [5, 5.41) is 14.4. The van der Waals surface area contributed by atoms with Crippen LogP contribution in [0, 0.1) is 0 Å². The predicted molar refractivity (Wildman–Crippen MR) is 131 cm³/mol. The number of benzene rings is 4. The fraction of sp³-hybridized carbons (Fsp3) is 0.143. The molecule has 0 fully saturated rings. The average molecular weight is 456 g/mol. The zero-order chi connectivity index (χ0) is 23.9. The van der Waals surface area contributed by atoms with Crippen LogP contribution >= 0.6 is 0 Å². The summed E-state index contributed by atoms with van der Waals surface area (Å²) in [6, 6.07) is 27.8. The highest BCUT2D eigenvalue weighted by atomic mass is 16.7. The molecule has 2 N–H and O–H groups in total. The molecule has 1 amide bonds. The second-order valence-electron chi connectivity index (χ2n) is 7.81. The summed E-state index contributed by atoms with van der Waals surface area (Å²) in [6.07, 6.45) is -0.540. The third kappa shape index (κ3) is 5.14. The first-order chi connectivity index (χ1) is 16.6. The molecule has 0 radical (unpaired) electrons. The van der Waals surface area contributed by atoms with E-state index in [-0.39, 0.29) is 18.3 Å². The Morgan fingerprint density at radius 2 is 1.53 bits per heavy atom. The van der Waals surface area contributed by atoms with E-state index in [0.29, 0.717) is 17.7 Å². The van der Waals surface area contributed by atoms with Crippen molar-refractivity contribution in [2.24, 2.45) is 0 Å². The van der Waals surface area contributed by atoms with Crippen LogP contribution in [0.3, 0.4) is 0 Å². The Morgan fingerprint density at radius 3 is 2.32 bits per heavy atom. The maximum absolute atomic E-state index is 13.5. The molecule has 0 saturated carbocycles. The molecule has 0 aromatic heterocycles.